The van der Waals surface area contributed by atoms with E-state index >= 15 is 0 Å². The number of halogens is 3. The Hall–Kier alpha value is -1.52. The molecular formula is C12H11F3O2. The van der Waals surface area contributed by atoms with Crippen molar-refractivity contribution in [2.45, 2.75) is 26.1 Å². The van der Waals surface area contributed by atoms with E-state index in [9.17, 15) is 18.0 Å². The fraction of sp³-hybridized carbons (Fsp3) is 0.417. The normalized spacial score (nSPS) is 17.6. The van der Waals surface area contributed by atoms with Gasteiger partial charge in [-0.3, -0.25) is 4.79 Å². The SMILES string of the molecule is CC1(C(=O)c2ccccc2OC(F)(F)F)CC1. The molecule has 0 aliphatic heterocycles. The summed E-state index contributed by atoms with van der Waals surface area (Å²) >= 11 is 0. The van der Waals surface area contributed by atoms with Gasteiger partial charge in [0.1, 0.15) is 5.75 Å². The van der Waals surface area contributed by atoms with Crippen LogP contribution in [0.3, 0.4) is 0 Å². The molecule has 1 aliphatic carbocycles. The standard InChI is InChI=1S/C12H11F3O2/c1-11(6-7-11)10(16)8-4-2-3-5-9(8)17-12(13,14)15/h2-5H,6-7H2,1H3. The molecule has 0 spiro atoms. The lowest BCUT2D eigenvalue weighted by Crippen LogP contribution is -2.20. The van der Waals surface area contributed by atoms with Gasteiger partial charge in [0.2, 0.25) is 0 Å². The van der Waals surface area contributed by atoms with Crippen LogP contribution in [-0.2, 0) is 0 Å². The molecule has 0 N–H and O–H groups in total. The Balaban J connectivity index is 2.31. The number of ketones is 1. The molecule has 0 radical (unpaired) electrons. The number of alkyl halides is 3. The first-order valence-electron chi connectivity index (χ1n) is 5.21. The number of carbonyl (C=O) groups is 1. The van der Waals surface area contributed by atoms with Crippen molar-refractivity contribution in [1.82, 2.24) is 0 Å². The Labute approximate surface area is 96.4 Å². The molecule has 17 heavy (non-hydrogen) atoms. The number of benzene rings is 1. The van der Waals surface area contributed by atoms with Crippen molar-refractivity contribution in [1.29, 1.82) is 0 Å². The van der Waals surface area contributed by atoms with E-state index in [1.807, 2.05) is 0 Å². The summed E-state index contributed by atoms with van der Waals surface area (Å²) < 4.78 is 40.3. The number of Topliss-reactive ketones (excluding diaryl/α,β-unsaturated/α-hetero) is 1. The highest BCUT2D eigenvalue weighted by atomic mass is 19.4. The van der Waals surface area contributed by atoms with Crippen LogP contribution in [0.4, 0.5) is 13.2 Å². The average Bonchev–Trinajstić information content (AvgIpc) is 2.95. The highest BCUT2D eigenvalue weighted by Gasteiger charge is 2.46. The highest BCUT2D eigenvalue weighted by Crippen LogP contribution is 2.48. The molecule has 92 valence electrons. The molecule has 2 rings (SSSR count). The Kier molecular flexibility index (Phi) is 2.64. The number of hydrogen-bond acceptors (Lipinski definition) is 2. The summed E-state index contributed by atoms with van der Waals surface area (Å²) in [6, 6.07) is 5.47. The molecule has 1 fully saturated rings. The van der Waals surface area contributed by atoms with Gasteiger partial charge in [-0.05, 0) is 25.0 Å². The monoisotopic (exact) mass is 244 g/mol. The van der Waals surface area contributed by atoms with Crippen LogP contribution in [0.5, 0.6) is 5.75 Å². The zero-order valence-electron chi connectivity index (χ0n) is 9.17. The molecule has 1 aliphatic rings. The molecule has 0 saturated heterocycles. The largest absolute Gasteiger partial charge is 0.573 e. The lowest BCUT2D eigenvalue weighted by molar-refractivity contribution is -0.274. The quantitative estimate of drug-likeness (QED) is 0.760. The van der Waals surface area contributed by atoms with E-state index < -0.39 is 17.5 Å². The van der Waals surface area contributed by atoms with E-state index in [-0.39, 0.29) is 11.3 Å². The maximum atomic E-state index is 12.2. The van der Waals surface area contributed by atoms with Gasteiger partial charge in [0, 0.05) is 5.41 Å². The Morgan fingerprint density at radius 3 is 2.41 bits per heavy atom. The van der Waals surface area contributed by atoms with Gasteiger partial charge in [-0.1, -0.05) is 19.1 Å². The second-order valence-corrected chi connectivity index (χ2v) is 4.43. The van der Waals surface area contributed by atoms with Crippen molar-refractivity contribution in [2.75, 3.05) is 0 Å². The van der Waals surface area contributed by atoms with Crippen LogP contribution in [0.2, 0.25) is 0 Å². The van der Waals surface area contributed by atoms with Gasteiger partial charge in [-0.15, -0.1) is 13.2 Å². The van der Waals surface area contributed by atoms with Crippen molar-refractivity contribution in [3.05, 3.63) is 29.8 Å². The Morgan fingerprint density at radius 2 is 1.88 bits per heavy atom. The van der Waals surface area contributed by atoms with Crippen LogP contribution in [-0.4, -0.2) is 12.1 Å². The summed E-state index contributed by atoms with van der Waals surface area (Å²) in [6.07, 6.45) is -3.35. The molecule has 1 aromatic carbocycles. The third kappa shape index (κ3) is 2.60. The van der Waals surface area contributed by atoms with Gasteiger partial charge < -0.3 is 4.74 Å². The van der Waals surface area contributed by atoms with Crippen LogP contribution in [0, 0.1) is 5.41 Å². The van der Waals surface area contributed by atoms with E-state index in [1.165, 1.54) is 18.2 Å². The zero-order valence-corrected chi connectivity index (χ0v) is 9.17. The fourth-order valence-electron chi connectivity index (χ4n) is 1.61. The van der Waals surface area contributed by atoms with Crippen LogP contribution in [0.15, 0.2) is 24.3 Å². The van der Waals surface area contributed by atoms with E-state index in [0.717, 1.165) is 6.07 Å². The molecule has 5 heteroatoms. The van der Waals surface area contributed by atoms with Crippen molar-refractivity contribution < 1.29 is 22.7 Å². The van der Waals surface area contributed by atoms with Gasteiger partial charge in [-0.25, -0.2) is 0 Å². The molecular weight excluding hydrogens is 233 g/mol. The number of carbonyl (C=O) groups excluding carboxylic acids is 1. The van der Waals surface area contributed by atoms with Crippen LogP contribution in [0.25, 0.3) is 0 Å². The predicted octanol–water partition coefficient (Wildman–Crippen LogP) is 3.57. The Morgan fingerprint density at radius 1 is 1.29 bits per heavy atom. The fourth-order valence-corrected chi connectivity index (χ4v) is 1.61. The first-order valence-corrected chi connectivity index (χ1v) is 5.21. The molecule has 0 unspecified atom stereocenters. The Bertz CT molecular complexity index is 447. The predicted molar refractivity (Wildman–Crippen MR) is 54.8 cm³/mol. The lowest BCUT2D eigenvalue weighted by Gasteiger charge is -2.14. The van der Waals surface area contributed by atoms with Gasteiger partial charge >= 0.3 is 6.36 Å². The first kappa shape index (κ1) is 12.0. The van der Waals surface area contributed by atoms with Crippen LogP contribution in [0.1, 0.15) is 30.1 Å². The molecule has 0 aromatic heterocycles. The summed E-state index contributed by atoms with van der Waals surface area (Å²) in [7, 11) is 0. The molecule has 0 bridgehead atoms. The maximum absolute atomic E-state index is 12.2. The molecule has 1 aromatic rings. The van der Waals surface area contributed by atoms with Crippen molar-refractivity contribution in [3.63, 3.8) is 0 Å². The topological polar surface area (TPSA) is 26.3 Å². The zero-order chi connectivity index (χ0) is 12.7. The second-order valence-electron chi connectivity index (χ2n) is 4.43. The average molecular weight is 244 g/mol. The molecule has 1 saturated carbocycles. The minimum absolute atomic E-state index is 0.00447. The minimum Gasteiger partial charge on any atom is -0.405 e. The van der Waals surface area contributed by atoms with E-state index in [4.69, 9.17) is 0 Å². The van der Waals surface area contributed by atoms with Gasteiger partial charge in [-0.2, -0.15) is 0 Å². The van der Waals surface area contributed by atoms with Gasteiger partial charge in [0.25, 0.3) is 0 Å². The minimum atomic E-state index is -4.78. The van der Waals surface area contributed by atoms with Gasteiger partial charge in [0.15, 0.2) is 5.78 Å². The molecule has 0 amide bonds. The summed E-state index contributed by atoms with van der Waals surface area (Å²) in [5.41, 5.74) is -0.504. The smallest absolute Gasteiger partial charge is 0.405 e. The first-order chi connectivity index (χ1) is 7.82. The molecule has 2 nitrogen and oxygen atoms in total. The van der Waals surface area contributed by atoms with Crippen molar-refractivity contribution in [3.8, 4) is 5.75 Å². The van der Waals surface area contributed by atoms with Crippen LogP contribution < -0.4 is 4.74 Å². The van der Waals surface area contributed by atoms with Crippen LogP contribution >= 0.6 is 0 Å². The third-order valence-corrected chi connectivity index (χ3v) is 2.91. The summed E-state index contributed by atoms with van der Waals surface area (Å²) in [4.78, 5) is 12.0. The van der Waals surface area contributed by atoms with E-state index in [2.05, 4.69) is 4.74 Å². The molecule has 0 heterocycles. The summed E-state index contributed by atoms with van der Waals surface area (Å²) in [5.74, 6) is -0.699. The highest BCUT2D eigenvalue weighted by molar-refractivity contribution is 6.04. The van der Waals surface area contributed by atoms with E-state index in [1.54, 1.807) is 6.92 Å². The lowest BCUT2D eigenvalue weighted by atomic mass is 9.96. The van der Waals surface area contributed by atoms with Crippen molar-refractivity contribution in [2.24, 2.45) is 5.41 Å². The maximum Gasteiger partial charge on any atom is 0.573 e. The molecule has 0 atom stereocenters. The van der Waals surface area contributed by atoms with E-state index in [0.29, 0.717) is 12.8 Å². The number of ether oxygens (including phenoxy) is 1. The number of hydrogen-bond donors (Lipinski definition) is 0. The van der Waals surface area contributed by atoms with Crippen molar-refractivity contribution >= 4 is 5.78 Å². The number of rotatable bonds is 3. The third-order valence-electron chi connectivity index (χ3n) is 2.91. The summed E-state index contributed by atoms with van der Waals surface area (Å²) in [5, 5.41) is 0. The number of para-hydroxylation sites is 1. The van der Waals surface area contributed by atoms with Gasteiger partial charge in [0.05, 0.1) is 5.56 Å². The summed E-state index contributed by atoms with van der Waals surface area (Å²) in [6.45, 7) is 1.75. The second kappa shape index (κ2) is 3.75.